The molecule has 1 aliphatic carbocycles. The van der Waals surface area contributed by atoms with Gasteiger partial charge in [-0.2, -0.15) is 0 Å². The van der Waals surface area contributed by atoms with Crippen molar-refractivity contribution in [1.82, 2.24) is 5.32 Å². The molecule has 0 heterocycles. The van der Waals surface area contributed by atoms with E-state index in [0.717, 1.165) is 31.6 Å². The van der Waals surface area contributed by atoms with E-state index in [1.807, 2.05) is 0 Å². The minimum atomic E-state index is -0.115. The Morgan fingerprint density at radius 3 is 2.24 bits per heavy atom. The lowest BCUT2D eigenvalue weighted by Crippen LogP contribution is -2.40. The van der Waals surface area contributed by atoms with Crippen molar-refractivity contribution in [3.63, 3.8) is 0 Å². The molecular formula is C14H28N2O. The zero-order chi connectivity index (χ0) is 12.8. The lowest BCUT2D eigenvalue weighted by molar-refractivity contribution is -0.122. The van der Waals surface area contributed by atoms with E-state index >= 15 is 0 Å². The molecule has 0 aliphatic heterocycles. The standard InChI is InChI=1S/C14H28N2O/c1-10(2)4-5-11(3)16-13-8-6-12(7-9-13)14(15)17/h10-13,16H,4-9H2,1-3H3,(H2,15,17). The highest BCUT2D eigenvalue weighted by Gasteiger charge is 2.25. The van der Waals surface area contributed by atoms with Crippen LogP contribution in [0.5, 0.6) is 0 Å². The van der Waals surface area contributed by atoms with Gasteiger partial charge in [0.15, 0.2) is 0 Å². The summed E-state index contributed by atoms with van der Waals surface area (Å²) in [6.45, 7) is 6.80. The van der Waals surface area contributed by atoms with Gasteiger partial charge in [-0.15, -0.1) is 0 Å². The molecule has 1 amide bonds. The van der Waals surface area contributed by atoms with Crippen LogP contribution >= 0.6 is 0 Å². The monoisotopic (exact) mass is 240 g/mol. The summed E-state index contributed by atoms with van der Waals surface area (Å²) < 4.78 is 0. The van der Waals surface area contributed by atoms with Crippen LogP contribution in [0.1, 0.15) is 59.3 Å². The number of nitrogens with one attached hydrogen (secondary N) is 1. The van der Waals surface area contributed by atoms with Gasteiger partial charge in [0.25, 0.3) is 0 Å². The highest BCUT2D eigenvalue weighted by atomic mass is 16.1. The Morgan fingerprint density at radius 2 is 1.76 bits per heavy atom. The first kappa shape index (κ1) is 14.5. The van der Waals surface area contributed by atoms with E-state index in [-0.39, 0.29) is 11.8 Å². The van der Waals surface area contributed by atoms with Crippen molar-refractivity contribution in [2.24, 2.45) is 17.6 Å². The van der Waals surface area contributed by atoms with Gasteiger partial charge in [-0.05, 0) is 51.4 Å². The first-order valence-electron chi connectivity index (χ1n) is 7.04. The topological polar surface area (TPSA) is 55.1 Å². The maximum Gasteiger partial charge on any atom is 0.220 e. The van der Waals surface area contributed by atoms with Crippen molar-refractivity contribution >= 4 is 5.91 Å². The molecule has 3 N–H and O–H groups in total. The Morgan fingerprint density at radius 1 is 1.18 bits per heavy atom. The van der Waals surface area contributed by atoms with Crippen LogP contribution in [0, 0.1) is 11.8 Å². The van der Waals surface area contributed by atoms with Crippen molar-refractivity contribution in [3.05, 3.63) is 0 Å². The number of hydrogen-bond acceptors (Lipinski definition) is 2. The number of amides is 1. The summed E-state index contributed by atoms with van der Waals surface area (Å²) in [5.41, 5.74) is 5.34. The minimum Gasteiger partial charge on any atom is -0.369 e. The Balaban J connectivity index is 2.19. The van der Waals surface area contributed by atoms with E-state index in [1.165, 1.54) is 12.8 Å². The van der Waals surface area contributed by atoms with Gasteiger partial charge in [-0.1, -0.05) is 13.8 Å². The summed E-state index contributed by atoms with van der Waals surface area (Å²) >= 11 is 0. The predicted molar refractivity (Wildman–Crippen MR) is 71.6 cm³/mol. The van der Waals surface area contributed by atoms with Crippen molar-refractivity contribution < 1.29 is 4.79 Å². The smallest absolute Gasteiger partial charge is 0.220 e. The largest absolute Gasteiger partial charge is 0.369 e. The van der Waals surface area contributed by atoms with Gasteiger partial charge in [0.1, 0.15) is 0 Å². The molecule has 0 aromatic heterocycles. The summed E-state index contributed by atoms with van der Waals surface area (Å²) in [4.78, 5) is 11.1. The molecule has 0 aromatic rings. The van der Waals surface area contributed by atoms with E-state index in [0.29, 0.717) is 12.1 Å². The van der Waals surface area contributed by atoms with Gasteiger partial charge in [-0.3, -0.25) is 4.79 Å². The van der Waals surface area contributed by atoms with Gasteiger partial charge >= 0.3 is 0 Å². The molecule has 100 valence electrons. The third kappa shape index (κ3) is 5.53. The van der Waals surface area contributed by atoms with Gasteiger partial charge in [0.05, 0.1) is 0 Å². The normalized spacial score (nSPS) is 27.1. The van der Waals surface area contributed by atoms with Crippen LogP contribution in [0.4, 0.5) is 0 Å². The summed E-state index contributed by atoms with van der Waals surface area (Å²) in [5.74, 6) is 0.792. The third-order valence-electron chi connectivity index (χ3n) is 3.83. The molecule has 3 heteroatoms. The molecule has 1 aliphatic rings. The van der Waals surface area contributed by atoms with Crippen LogP contribution in [-0.4, -0.2) is 18.0 Å². The molecule has 0 saturated heterocycles. The molecule has 1 atom stereocenters. The Kier molecular flexibility index (Phi) is 5.96. The highest BCUT2D eigenvalue weighted by Crippen LogP contribution is 2.24. The van der Waals surface area contributed by atoms with E-state index in [2.05, 4.69) is 26.1 Å². The Bertz CT molecular complexity index is 232. The Hall–Kier alpha value is -0.570. The lowest BCUT2D eigenvalue weighted by atomic mass is 9.85. The summed E-state index contributed by atoms with van der Waals surface area (Å²) in [6, 6.07) is 1.18. The van der Waals surface area contributed by atoms with E-state index in [1.54, 1.807) is 0 Å². The summed E-state index contributed by atoms with van der Waals surface area (Å²) in [6.07, 6.45) is 6.64. The molecular weight excluding hydrogens is 212 g/mol. The molecule has 0 aromatic carbocycles. The second kappa shape index (κ2) is 7.00. The average molecular weight is 240 g/mol. The van der Waals surface area contributed by atoms with Crippen molar-refractivity contribution in [3.8, 4) is 0 Å². The zero-order valence-electron chi connectivity index (χ0n) is 11.5. The molecule has 0 radical (unpaired) electrons. The van der Waals surface area contributed by atoms with Crippen LogP contribution in [0.15, 0.2) is 0 Å². The molecule has 1 unspecified atom stereocenters. The molecule has 3 nitrogen and oxygen atoms in total. The minimum absolute atomic E-state index is 0.115. The quantitative estimate of drug-likeness (QED) is 0.749. The highest BCUT2D eigenvalue weighted by molar-refractivity contribution is 5.76. The van der Waals surface area contributed by atoms with E-state index < -0.39 is 0 Å². The van der Waals surface area contributed by atoms with Crippen LogP contribution in [-0.2, 0) is 4.79 Å². The van der Waals surface area contributed by atoms with Crippen LogP contribution in [0.3, 0.4) is 0 Å². The van der Waals surface area contributed by atoms with Gasteiger partial charge < -0.3 is 11.1 Å². The number of primary amides is 1. The summed E-state index contributed by atoms with van der Waals surface area (Å²) in [5, 5.41) is 3.68. The molecule has 1 rings (SSSR count). The number of carbonyl (C=O) groups excluding carboxylic acids is 1. The number of hydrogen-bond donors (Lipinski definition) is 2. The zero-order valence-corrected chi connectivity index (χ0v) is 11.5. The molecule has 1 fully saturated rings. The maximum atomic E-state index is 11.1. The van der Waals surface area contributed by atoms with Crippen LogP contribution in [0.25, 0.3) is 0 Å². The fourth-order valence-corrected chi connectivity index (χ4v) is 2.61. The first-order valence-corrected chi connectivity index (χ1v) is 7.04. The van der Waals surface area contributed by atoms with E-state index in [4.69, 9.17) is 5.73 Å². The first-order chi connectivity index (χ1) is 7.99. The molecule has 0 spiro atoms. The predicted octanol–water partition coefficient (Wildman–Crippen LogP) is 2.44. The average Bonchev–Trinajstić information content (AvgIpc) is 2.27. The second-order valence-electron chi connectivity index (χ2n) is 5.99. The molecule has 1 saturated carbocycles. The molecule has 17 heavy (non-hydrogen) atoms. The second-order valence-corrected chi connectivity index (χ2v) is 5.99. The van der Waals surface area contributed by atoms with Gasteiger partial charge in [-0.25, -0.2) is 0 Å². The number of nitrogens with two attached hydrogens (primary N) is 1. The van der Waals surface area contributed by atoms with Crippen molar-refractivity contribution in [2.45, 2.75) is 71.4 Å². The van der Waals surface area contributed by atoms with E-state index in [9.17, 15) is 4.79 Å². The number of carbonyl (C=O) groups is 1. The lowest BCUT2D eigenvalue weighted by Gasteiger charge is -2.30. The van der Waals surface area contributed by atoms with Gasteiger partial charge in [0, 0.05) is 18.0 Å². The van der Waals surface area contributed by atoms with Crippen molar-refractivity contribution in [2.75, 3.05) is 0 Å². The summed E-state index contributed by atoms with van der Waals surface area (Å²) in [7, 11) is 0. The van der Waals surface area contributed by atoms with Crippen LogP contribution < -0.4 is 11.1 Å². The number of rotatable bonds is 6. The Labute approximate surface area is 106 Å². The van der Waals surface area contributed by atoms with Gasteiger partial charge in [0.2, 0.25) is 5.91 Å². The fraction of sp³-hybridized carbons (Fsp3) is 0.929. The fourth-order valence-electron chi connectivity index (χ4n) is 2.61. The maximum absolute atomic E-state index is 11.1. The van der Waals surface area contributed by atoms with Crippen LogP contribution in [0.2, 0.25) is 0 Å². The SMILES string of the molecule is CC(C)CCC(C)NC1CCC(C(N)=O)CC1. The third-order valence-corrected chi connectivity index (χ3v) is 3.83. The van der Waals surface area contributed by atoms with Crippen molar-refractivity contribution in [1.29, 1.82) is 0 Å². The molecule has 0 bridgehead atoms.